The van der Waals surface area contributed by atoms with Crippen LogP contribution in [0, 0.1) is 30.3 Å². The van der Waals surface area contributed by atoms with Crippen LogP contribution in [-0.4, -0.2) is 26.8 Å². The van der Waals surface area contributed by atoms with Crippen molar-refractivity contribution in [1.82, 2.24) is 0 Å². The van der Waals surface area contributed by atoms with E-state index in [1.807, 2.05) is 6.29 Å². The summed E-state index contributed by atoms with van der Waals surface area (Å²) in [6.07, 6.45) is 21.1. The summed E-state index contributed by atoms with van der Waals surface area (Å²) < 4.78 is 0. The molecular weight excluding hydrogens is 418 g/mol. The Hall–Kier alpha value is -2.13. The average molecular weight is 459 g/mol. The fourth-order valence-corrected chi connectivity index (χ4v) is 3.86. The fraction of sp³-hybridized carbons (Fsp3) is 0.955. The summed E-state index contributed by atoms with van der Waals surface area (Å²) in [4.78, 5) is 38.4. The van der Waals surface area contributed by atoms with Crippen LogP contribution in [-0.2, 0) is 4.79 Å². The molecule has 0 aromatic carbocycles. The molecule has 0 saturated heterocycles. The van der Waals surface area contributed by atoms with Crippen molar-refractivity contribution < 1.29 is 19.6 Å². The number of rotatable bonds is 24. The first-order valence-corrected chi connectivity index (χ1v) is 12.2. The highest BCUT2D eigenvalue weighted by Crippen LogP contribution is 2.22. The summed E-state index contributed by atoms with van der Waals surface area (Å²) in [5, 5.41) is 32.5. The zero-order chi connectivity index (χ0) is 24.1. The second kappa shape index (κ2) is 19.5. The van der Waals surface area contributed by atoms with Crippen LogP contribution in [0.2, 0.25) is 0 Å². The summed E-state index contributed by atoms with van der Waals surface area (Å²) in [5.74, 6) is -3.31. The summed E-state index contributed by atoms with van der Waals surface area (Å²) >= 11 is 0. The fourth-order valence-electron chi connectivity index (χ4n) is 3.86. The lowest BCUT2D eigenvalue weighted by Crippen LogP contribution is -2.53. The van der Waals surface area contributed by atoms with Crippen molar-refractivity contribution in [1.29, 1.82) is 0 Å². The van der Waals surface area contributed by atoms with Crippen molar-refractivity contribution in [2.45, 2.75) is 134 Å². The Labute approximate surface area is 191 Å². The molecule has 0 aliphatic heterocycles. The second-order valence-corrected chi connectivity index (χ2v) is 8.55. The molecule has 0 rings (SSSR count). The lowest BCUT2D eigenvalue weighted by atomic mass is 10.0. The number of hydrogen-bond acceptors (Lipinski definition) is 7. The largest absolute Gasteiger partial charge is 0.699 e. The third-order valence-electron chi connectivity index (χ3n) is 5.92. The minimum Gasteiger partial charge on any atom is -0.291 e. The van der Waals surface area contributed by atoms with Crippen molar-refractivity contribution in [2.75, 3.05) is 0 Å². The molecule has 0 fully saturated rings. The van der Waals surface area contributed by atoms with Gasteiger partial charge in [-0.2, -0.15) is 0 Å². The summed E-state index contributed by atoms with van der Waals surface area (Å²) in [5.41, 5.74) is 0. The molecule has 10 heteroatoms. The molecule has 0 bridgehead atoms. The van der Waals surface area contributed by atoms with Gasteiger partial charge in [0.2, 0.25) is 0 Å². The van der Waals surface area contributed by atoms with E-state index >= 15 is 0 Å². The maximum absolute atomic E-state index is 10.8. The smallest absolute Gasteiger partial charge is 0.291 e. The van der Waals surface area contributed by atoms with Crippen LogP contribution < -0.4 is 0 Å². The van der Waals surface area contributed by atoms with Gasteiger partial charge in [0.15, 0.2) is 27.5 Å². The number of unbranched alkanes of at least 4 members (excludes halogenated alkanes) is 18. The Morgan fingerprint density at radius 1 is 0.469 bits per heavy atom. The van der Waals surface area contributed by atoms with E-state index < -0.39 is 27.0 Å². The van der Waals surface area contributed by atoms with Gasteiger partial charge in [0, 0.05) is 6.42 Å². The minimum absolute atomic E-state index is 0.0991. The third kappa shape index (κ3) is 13.3. The molecule has 0 heterocycles. The van der Waals surface area contributed by atoms with Gasteiger partial charge >= 0.3 is 5.79 Å². The summed E-state index contributed by atoms with van der Waals surface area (Å²) in [6.45, 7) is 0. The molecule has 0 aliphatic carbocycles. The number of nitro groups is 3. The standard InChI is InChI=1S/C22H40N3O7/c26-21-19-17-15-13-11-9-7-5-3-1-2-4-6-8-10-12-14-16-18-20-22(23(27)28,24(29)30)25(31)32/h1-20H2. The lowest BCUT2D eigenvalue weighted by molar-refractivity contribution is -0.970. The molecule has 32 heavy (non-hydrogen) atoms. The zero-order valence-corrected chi connectivity index (χ0v) is 19.3. The van der Waals surface area contributed by atoms with Crippen LogP contribution in [0.3, 0.4) is 0 Å². The molecule has 0 aromatic rings. The average Bonchev–Trinajstić information content (AvgIpc) is 2.74. The van der Waals surface area contributed by atoms with Crippen molar-refractivity contribution in [3.63, 3.8) is 0 Å². The van der Waals surface area contributed by atoms with Gasteiger partial charge in [0.05, 0.1) is 0 Å². The SMILES string of the molecule is O=[C]CCCCCCCCCCCCCCCCCCCCC([N+](=O)[O-])([N+](=O)[O-])[N+](=O)[O-]. The van der Waals surface area contributed by atoms with Crippen molar-refractivity contribution in [2.24, 2.45) is 0 Å². The van der Waals surface area contributed by atoms with E-state index in [-0.39, 0.29) is 6.42 Å². The molecule has 0 amide bonds. The number of carbonyl (C=O) groups excluding carboxylic acids is 1. The Morgan fingerprint density at radius 2 is 0.719 bits per heavy atom. The van der Waals surface area contributed by atoms with Gasteiger partial charge in [-0.15, -0.1) is 0 Å². The van der Waals surface area contributed by atoms with Gasteiger partial charge < -0.3 is 0 Å². The van der Waals surface area contributed by atoms with Crippen molar-refractivity contribution in [3.05, 3.63) is 30.3 Å². The first-order valence-electron chi connectivity index (χ1n) is 12.2. The van der Waals surface area contributed by atoms with Crippen molar-refractivity contribution >= 4 is 6.29 Å². The quantitative estimate of drug-likeness (QED) is 0.0705. The van der Waals surface area contributed by atoms with Crippen LogP contribution in [0.5, 0.6) is 0 Å². The Bertz CT molecular complexity index is 508. The van der Waals surface area contributed by atoms with E-state index in [2.05, 4.69) is 0 Å². The van der Waals surface area contributed by atoms with E-state index in [1.54, 1.807) is 0 Å². The van der Waals surface area contributed by atoms with Crippen LogP contribution >= 0.6 is 0 Å². The van der Waals surface area contributed by atoms with Gasteiger partial charge in [-0.1, -0.05) is 103 Å². The van der Waals surface area contributed by atoms with E-state index in [0.717, 1.165) is 38.5 Å². The predicted octanol–water partition coefficient (Wildman–Crippen LogP) is 6.38. The summed E-state index contributed by atoms with van der Waals surface area (Å²) in [7, 11) is 0. The molecular formula is C22H40N3O7. The van der Waals surface area contributed by atoms with Gasteiger partial charge in [-0.05, 0) is 12.8 Å². The molecule has 0 atom stereocenters. The van der Waals surface area contributed by atoms with E-state index in [1.165, 1.54) is 64.2 Å². The molecule has 1 radical (unpaired) electrons. The van der Waals surface area contributed by atoms with E-state index in [9.17, 15) is 35.1 Å². The molecule has 185 valence electrons. The first kappa shape index (κ1) is 29.9. The number of hydrogen-bond donors (Lipinski definition) is 0. The highest BCUT2D eigenvalue weighted by Gasteiger charge is 2.69. The second-order valence-electron chi connectivity index (χ2n) is 8.55. The highest BCUT2D eigenvalue weighted by molar-refractivity contribution is 5.50. The molecule has 0 aromatic heterocycles. The summed E-state index contributed by atoms with van der Waals surface area (Å²) in [6, 6.07) is 0. The molecule has 0 unspecified atom stereocenters. The third-order valence-corrected chi connectivity index (χ3v) is 5.92. The normalized spacial score (nSPS) is 11.4. The lowest BCUT2D eigenvalue weighted by Gasteiger charge is -2.08. The van der Waals surface area contributed by atoms with Gasteiger partial charge in [0.1, 0.15) is 0 Å². The van der Waals surface area contributed by atoms with Crippen LogP contribution in [0.15, 0.2) is 0 Å². The van der Waals surface area contributed by atoms with Crippen LogP contribution in [0.1, 0.15) is 128 Å². The first-order chi connectivity index (χ1) is 15.4. The Balaban J connectivity index is 3.46. The molecule has 10 nitrogen and oxygen atoms in total. The minimum atomic E-state index is -3.31. The van der Waals surface area contributed by atoms with Crippen LogP contribution in [0.4, 0.5) is 0 Å². The maximum atomic E-state index is 10.8. The van der Waals surface area contributed by atoms with Gasteiger partial charge in [-0.25, -0.2) is 0 Å². The van der Waals surface area contributed by atoms with E-state index in [0.29, 0.717) is 12.8 Å². The Morgan fingerprint density at radius 3 is 0.969 bits per heavy atom. The van der Waals surface area contributed by atoms with Gasteiger partial charge in [0.25, 0.3) is 0 Å². The van der Waals surface area contributed by atoms with Crippen molar-refractivity contribution in [3.8, 4) is 0 Å². The number of nitrogens with zero attached hydrogens (tertiary/aromatic N) is 3. The zero-order valence-electron chi connectivity index (χ0n) is 19.3. The maximum Gasteiger partial charge on any atom is 0.699 e. The highest BCUT2D eigenvalue weighted by atomic mass is 16.7. The Kier molecular flexibility index (Phi) is 18.2. The topological polar surface area (TPSA) is 146 Å². The molecule has 0 spiro atoms. The molecule has 0 saturated carbocycles. The monoisotopic (exact) mass is 458 g/mol. The molecule has 0 aliphatic rings. The van der Waals surface area contributed by atoms with Gasteiger partial charge in [-0.3, -0.25) is 35.1 Å². The molecule has 0 N–H and O–H groups in total. The predicted molar refractivity (Wildman–Crippen MR) is 122 cm³/mol. The van der Waals surface area contributed by atoms with Crippen LogP contribution in [0.25, 0.3) is 0 Å². The van der Waals surface area contributed by atoms with E-state index in [4.69, 9.17) is 0 Å².